The van der Waals surface area contributed by atoms with E-state index in [0.717, 1.165) is 30.5 Å². The second kappa shape index (κ2) is 8.76. The average molecular weight is 397 g/mol. The van der Waals surface area contributed by atoms with Crippen LogP contribution in [0.25, 0.3) is 11.2 Å². The van der Waals surface area contributed by atoms with E-state index in [1.165, 1.54) is 4.57 Å². The number of fused-ring (bicyclic) bond motifs is 1. The van der Waals surface area contributed by atoms with Crippen LogP contribution in [0.1, 0.15) is 31.7 Å². The van der Waals surface area contributed by atoms with Crippen molar-refractivity contribution in [2.75, 3.05) is 24.4 Å². The highest BCUT2D eigenvalue weighted by Gasteiger charge is 2.16. The molecule has 0 bridgehead atoms. The van der Waals surface area contributed by atoms with E-state index < -0.39 is 11.2 Å². The third-order valence-corrected chi connectivity index (χ3v) is 4.78. The van der Waals surface area contributed by atoms with Gasteiger partial charge in [-0.15, -0.1) is 0 Å². The maximum absolute atomic E-state index is 12.4. The molecule has 0 aliphatic rings. The summed E-state index contributed by atoms with van der Waals surface area (Å²) in [5.41, 5.74) is 4.75. The number of hydrazone groups is 1. The molecule has 154 valence electrons. The predicted molar refractivity (Wildman–Crippen MR) is 117 cm³/mol. The van der Waals surface area contributed by atoms with Crippen molar-refractivity contribution >= 4 is 29.0 Å². The summed E-state index contributed by atoms with van der Waals surface area (Å²) in [4.78, 5) is 33.1. The van der Waals surface area contributed by atoms with Crippen molar-refractivity contribution in [1.29, 1.82) is 0 Å². The summed E-state index contributed by atoms with van der Waals surface area (Å²) in [6.07, 6.45) is 4.68. The van der Waals surface area contributed by atoms with Crippen LogP contribution in [0.4, 0.5) is 11.6 Å². The van der Waals surface area contributed by atoms with Crippen LogP contribution >= 0.6 is 0 Å². The summed E-state index contributed by atoms with van der Waals surface area (Å²) in [6.45, 7) is 2.73. The monoisotopic (exact) mass is 397 g/mol. The summed E-state index contributed by atoms with van der Waals surface area (Å²) in [5.74, 6) is 0.434. The van der Waals surface area contributed by atoms with Gasteiger partial charge in [-0.05, 0) is 24.1 Å². The van der Waals surface area contributed by atoms with Crippen molar-refractivity contribution in [2.45, 2.75) is 32.7 Å². The third-order valence-electron chi connectivity index (χ3n) is 4.78. The number of anilines is 2. The van der Waals surface area contributed by atoms with Gasteiger partial charge < -0.3 is 9.47 Å². The molecule has 0 radical (unpaired) electrons. The van der Waals surface area contributed by atoms with Gasteiger partial charge in [0.2, 0.25) is 5.95 Å². The number of hydrogen-bond acceptors (Lipinski definition) is 6. The molecule has 3 aromatic rings. The van der Waals surface area contributed by atoms with E-state index in [2.05, 4.69) is 27.4 Å². The van der Waals surface area contributed by atoms with Gasteiger partial charge in [0.25, 0.3) is 5.56 Å². The topological polar surface area (TPSA) is 100 Å². The molecule has 0 fully saturated rings. The molecule has 0 saturated heterocycles. The van der Waals surface area contributed by atoms with Crippen LogP contribution < -0.4 is 21.6 Å². The van der Waals surface area contributed by atoms with E-state index in [1.807, 2.05) is 43.3 Å². The van der Waals surface area contributed by atoms with E-state index in [9.17, 15) is 9.59 Å². The Kier molecular flexibility index (Phi) is 6.16. The molecule has 2 aromatic heterocycles. The van der Waals surface area contributed by atoms with Gasteiger partial charge in [0, 0.05) is 33.4 Å². The summed E-state index contributed by atoms with van der Waals surface area (Å²) in [7, 11) is 5.56. The Morgan fingerprint density at radius 3 is 2.59 bits per heavy atom. The molecular weight excluding hydrogens is 370 g/mol. The maximum atomic E-state index is 12.4. The molecule has 0 atom stereocenters. The predicted octanol–water partition coefficient (Wildman–Crippen LogP) is 2.13. The van der Waals surface area contributed by atoms with Crippen LogP contribution in [-0.2, 0) is 13.6 Å². The van der Waals surface area contributed by atoms with Crippen LogP contribution in [0.2, 0.25) is 0 Å². The van der Waals surface area contributed by atoms with Gasteiger partial charge in [0.15, 0.2) is 11.2 Å². The van der Waals surface area contributed by atoms with E-state index >= 15 is 0 Å². The fourth-order valence-corrected chi connectivity index (χ4v) is 3.08. The third kappa shape index (κ3) is 4.39. The number of aryl methyl sites for hydroxylation is 2. The lowest BCUT2D eigenvalue weighted by molar-refractivity contribution is 0.615. The van der Waals surface area contributed by atoms with E-state index in [0.29, 0.717) is 23.7 Å². The standard InChI is InChI=1S/C20H27N7O2/c1-5-6-7-12-27-16-17(26(4)20(29)23-18(16)28)22-19(27)24-21-13-14-8-10-15(11-9-14)25(2)3/h8-11,13H,5-7,12H2,1-4H3,(H,22,24)(H,23,28,29)/b21-13-. The first kappa shape index (κ1) is 20.4. The first-order chi connectivity index (χ1) is 13.9. The lowest BCUT2D eigenvalue weighted by atomic mass is 10.2. The van der Waals surface area contributed by atoms with Gasteiger partial charge in [-0.3, -0.25) is 14.3 Å². The number of unbranched alkanes of at least 4 members (excludes halogenated alkanes) is 2. The second-order valence-electron chi connectivity index (χ2n) is 7.14. The molecule has 3 rings (SSSR count). The van der Waals surface area contributed by atoms with E-state index in [-0.39, 0.29) is 0 Å². The van der Waals surface area contributed by atoms with E-state index in [4.69, 9.17) is 0 Å². The Morgan fingerprint density at radius 2 is 1.93 bits per heavy atom. The maximum Gasteiger partial charge on any atom is 0.329 e. The van der Waals surface area contributed by atoms with Crippen molar-refractivity contribution in [3.63, 3.8) is 0 Å². The smallest absolute Gasteiger partial charge is 0.329 e. The molecule has 2 heterocycles. The highest BCUT2D eigenvalue weighted by atomic mass is 16.2. The zero-order valence-corrected chi connectivity index (χ0v) is 17.3. The fourth-order valence-electron chi connectivity index (χ4n) is 3.08. The number of aromatic nitrogens is 4. The van der Waals surface area contributed by atoms with Crippen molar-refractivity contribution in [1.82, 2.24) is 19.1 Å². The van der Waals surface area contributed by atoms with Gasteiger partial charge in [0.1, 0.15) is 0 Å². The summed E-state index contributed by atoms with van der Waals surface area (Å²) < 4.78 is 3.12. The molecule has 1 aromatic carbocycles. The number of H-pyrrole nitrogens is 1. The number of rotatable bonds is 8. The van der Waals surface area contributed by atoms with Crippen molar-refractivity contribution in [2.24, 2.45) is 12.1 Å². The minimum atomic E-state index is -0.489. The van der Waals surface area contributed by atoms with Crippen LogP contribution in [0.5, 0.6) is 0 Å². The largest absolute Gasteiger partial charge is 0.378 e. The van der Waals surface area contributed by atoms with Crippen LogP contribution in [-0.4, -0.2) is 39.4 Å². The van der Waals surface area contributed by atoms with Gasteiger partial charge in [0.05, 0.1) is 6.21 Å². The molecule has 0 aliphatic heterocycles. The summed E-state index contributed by atoms with van der Waals surface area (Å²) in [6, 6.07) is 7.96. The zero-order valence-electron chi connectivity index (χ0n) is 17.3. The van der Waals surface area contributed by atoms with E-state index in [1.54, 1.807) is 17.8 Å². The molecule has 2 N–H and O–H groups in total. The van der Waals surface area contributed by atoms with Gasteiger partial charge >= 0.3 is 5.69 Å². The normalized spacial score (nSPS) is 11.4. The Labute approximate surface area is 168 Å². The van der Waals surface area contributed by atoms with Gasteiger partial charge in [-0.25, -0.2) is 10.2 Å². The molecule has 0 aliphatic carbocycles. The highest BCUT2D eigenvalue weighted by molar-refractivity contribution is 5.81. The first-order valence-corrected chi connectivity index (χ1v) is 9.68. The Bertz CT molecular complexity index is 1120. The molecule has 29 heavy (non-hydrogen) atoms. The molecular formula is C20H27N7O2. The summed E-state index contributed by atoms with van der Waals surface area (Å²) >= 11 is 0. The number of nitrogens with zero attached hydrogens (tertiary/aromatic N) is 5. The highest BCUT2D eigenvalue weighted by Crippen LogP contribution is 2.17. The lowest BCUT2D eigenvalue weighted by Crippen LogP contribution is -2.29. The Balaban J connectivity index is 1.92. The first-order valence-electron chi connectivity index (χ1n) is 9.68. The molecule has 0 spiro atoms. The van der Waals surface area contributed by atoms with Crippen LogP contribution in [0.15, 0.2) is 39.0 Å². The van der Waals surface area contributed by atoms with Crippen molar-refractivity contribution in [3.8, 4) is 0 Å². The quantitative estimate of drug-likeness (QED) is 0.345. The van der Waals surface area contributed by atoms with Crippen molar-refractivity contribution < 1.29 is 0 Å². The zero-order chi connectivity index (χ0) is 21.0. The van der Waals surface area contributed by atoms with Crippen LogP contribution in [0.3, 0.4) is 0 Å². The number of imidazole rings is 1. The molecule has 0 amide bonds. The number of nitrogens with one attached hydrogen (secondary N) is 2. The SMILES string of the molecule is CCCCCn1c(N/N=C\c2ccc(N(C)C)cc2)nc2c1c(=O)[nH]c(=O)n2C. The second-order valence-corrected chi connectivity index (χ2v) is 7.14. The average Bonchev–Trinajstić information content (AvgIpc) is 3.06. The van der Waals surface area contributed by atoms with Crippen LogP contribution in [0, 0.1) is 0 Å². The Hall–Kier alpha value is -3.36. The summed E-state index contributed by atoms with van der Waals surface area (Å²) in [5, 5.41) is 4.28. The fraction of sp³-hybridized carbons (Fsp3) is 0.400. The molecule has 0 unspecified atom stereocenters. The molecule has 0 saturated carbocycles. The van der Waals surface area contributed by atoms with Gasteiger partial charge in [-0.2, -0.15) is 10.1 Å². The molecule has 9 heteroatoms. The number of hydrogen-bond donors (Lipinski definition) is 2. The molecule has 9 nitrogen and oxygen atoms in total. The minimum absolute atomic E-state index is 0.336. The lowest BCUT2D eigenvalue weighted by Gasteiger charge is -2.11. The number of aromatic amines is 1. The Morgan fingerprint density at radius 1 is 1.21 bits per heavy atom. The van der Waals surface area contributed by atoms with Gasteiger partial charge in [-0.1, -0.05) is 31.9 Å². The minimum Gasteiger partial charge on any atom is -0.378 e. The van der Waals surface area contributed by atoms with Crippen molar-refractivity contribution in [3.05, 3.63) is 50.7 Å². The number of benzene rings is 1.